The normalized spacial score (nSPS) is 11.4. The second-order valence-electron chi connectivity index (χ2n) is 5.48. The molecule has 0 fully saturated rings. The topological polar surface area (TPSA) is 43.4 Å². The minimum Gasteiger partial charge on any atom is -0.549 e. The number of carbonyl (C=O) groups is 1. The average Bonchev–Trinajstić information content (AvgIpc) is 2.45. The van der Waals surface area contributed by atoms with E-state index < -0.39 is 5.97 Å². The minimum absolute atomic E-state index is 0. The van der Waals surface area contributed by atoms with E-state index in [0.29, 0.717) is 0 Å². The zero-order valence-corrected chi connectivity index (χ0v) is 16.9. The Balaban J connectivity index is 0. The fourth-order valence-corrected chi connectivity index (χ4v) is 2.33. The zero-order valence-electron chi connectivity index (χ0n) is 14.9. The van der Waals surface area contributed by atoms with Gasteiger partial charge in [0.15, 0.2) is 0 Å². The van der Waals surface area contributed by atoms with Crippen LogP contribution in [-0.2, 0) is 4.79 Å². The molecule has 0 aliphatic carbocycles. The van der Waals surface area contributed by atoms with Gasteiger partial charge in [0.2, 0.25) is 0 Å². The van der Waals surface area contributed by atoms with Gasteiger partial charge in [-0.05, 0) is 65.5 Å². The molecule has 0 radical (unpaired) electrons. The molecule has 0 saturated carbocycles. The van der Waals surface area contributed by atoms with E-state index in [4.69, 9.17) is 0 Å². The van der Waals surface area contributed by atoms with Crippen LogP contribution in [0, 0.1) is 0 Å². The Labute approximate surface area is 159 Å². The van der Waals surface area contributed by atoms with E-state index >= 15 is 0 Å². The van der Waals surface area contributed by atoms with E-state index in [2.05, 4.69) is 24.3 Å². The molecule has 0 aliphatic heterocycles. The third-order valence-corrected chi connectivity index (χ3v) is 3.51. The Morgan fingerprint density at radius 1 is 0.864 bits per heavy atom. The van der Waals surface area contributed by atoms with Crippen LogP contribution in [0.5, 0.6) is 0 Å². The molecule has 22 heavy (non-hydrogen) atoms. The molecule has 4 heteroatoms. The van der Waals surface area contributed by atoms with Gasteiger partial charge < -0.3 is 9.90 Å². The van der Waals surface area contributed by atoms with E-state index in [0.717, 1.165) is 51.6 Å². The zero-order chi connectivity index (χ0) is 15.8. The molecular weight excluding hydrogens is 285 g/mol. The first-order chi connectivity index (χ1) is 10.2. The maximum atomic E-state index is 10.8. The first kappa shape index (κ1) is 24.2. The number of allylic oxidation sites excluding steroid dienone is 4. The molecule has 122 valence electrons. The molecule has 0 heterocycles. The van der Waals surface area contributed by atoms with Crippen molar-refractivity contribution in [3.05, 3.63) is 24.3 Å². The van der Waals surface area contributed by atoms with Gasteiger partial charge in [-0.3, -0.25) is 4.90 Å². The Morgan fingerprint density at radius 3 is 1.68 bits per heavy atom. The Kier molecular flexibility index (Phi) is 20.8. The van der Waals surface area contributed by atoms with Crippen LogP contribution in [-0.4, -0.2) is 30.5 Å². The van der Waals surface area contributed by atoms with Gasteiger partial charge in [0.25, 0.3) is 0 Å². The molecule has 0 bridgehead atoms. The molecule has 0 spiro atoms. The Bertz CT molecular complexity index is 281. The summed E-state index contributed by atoms with van der Waals surface area (Å²) in [6, 6.07) is 0. The molecule has 0 aromatic carbocycles. The Morgan fingerprint density at radius 2 is 1.32 bits per heavy atom. The van der Waals surface area contributed by atoms with E-state index in [1.54, 1.807) is 0 Å². The maximum Gasteiger partial charge on any atom is 1.00 e. The van der Waals surface area contributed by atoms with Gasteiger partial charge in [-0.1, -0.05) is 37.1 Å². The van der Waals surface area contributed by atoms with Crippen LogP contribution in [0.15, 0.2) is 24.3 Å². The predicted octanol–water partition coefficient (Wildman–Crippen LogP) is 0.315. The monoisotopic (exact) mass is 317 g/mol. The molecule has 3 nitrogen and oxygen atoms in total. The number of carboxylic acid groups (broad SMARTS) is 1. The summed E-state index contributed by atoms with van der Waals surface area (Å²) < 4.78 is 0. The van der Waals surface area contributed by atoms with Crippen LogP contribution in [0.25, 0.3) is 0 Å². The van der Waals surface area contributed by atoms with Gasteiger partial charge in [-0.15, -0.1) is 0 Å². The van der Waals surface area contributed by atoms with Gasteiger partial charge in [0, 0.05) is 6.54 Å². The summed E-state index contributed by atoms with van der Waals surface area (Å²) in [7, 11) is 0. The van der Waals surface area contributed by atoms with Crippen molar-refractivity contribution in [3.63, 3.8) is 0 Å². The minimum atomic E-state index is -0.960. The second kappa shape index (κ2) is 19.0. The summed E-state index contributed by atoms with van der Waals surface area (Å²) in [4.78, 5) is 12.8. The summed E-state index contributed by atoms with van der Waals surface area (Å²) in [6.45, 7) is 5.90. The van der Waals surface area contributed by atoms with Crippen LogP contribution in [0.2, 0.25) is 0 Å². The van der Waals surface area contributed by atoms with Gasteiger partial charge in [0.1, 0.15) is 0 Å². The van der Waals surface area contributed by atoms with Crippen LogP contribution in [0.4, 0.5) is 0 Å². The summed E-state index contributed by atoms with van der Waals surface area (Å²) >= 11 is 0. The molecule has 0 amide bonds. The molecule has 0 N–H and O–H groups in total. The Hall–Kier alpha value is -0.0900. The molecule has 0 aromatic heterocycles. The van der Waals surface area contributed by atoms with E-state index in [-0.39, 0.29) is 36.1 Å². The van der Waals surface area contributed by atoms with Crippen molar-refractivity contribution in [1.29, 1.82) is 0 Å². The van der Waals surface area contributed by atoms with Crippen molar-refractivity contribution in [2.24, 2.45) is 0 Å². The van der Waals surface area contributed by atoms with E-state index in [1.807, 2.05) is 18.7 Å². The standard InChI is InChI=1S/C18H33NO2.Na/c1-3-5-7-9-11-13-15-19(17-18(20)21)16-14-12-10-8-6-4-2;/h3-6H,7-17H2,1-2H3,(H,20,21);/q;+1/p-1/b5-3+,6-4+;. The van der Waals surface area contributed by atoms with Gasteiger partial charge in [-0.25, -0.2) is 0 Å². The molecule has 0 atom stereocenters. The third kappa shape index (κ3) is 18.0. The van der Waals surface area contributed by atoms with Crippen molar-refractivity contribution in [2.75, 3.05) is 19.6 Å². The molecule has 0 aliphatic rings. The number of rotatable bonds is 14. The van der Waals surface area contributed by atoms with E-state index in [9.17, 15) is 9.90 Å². The predicted molar refractivity (Wildman–Crippen MR) is 88.0 cm³/mol. The molecular formula is C18H32NNaO2. The molecule has 0 aromatic rings. The summed E-state index contributed by atoms with van der Waals surface area (Å²) in [5.41, 5.74) is 0. The van der Waals surface area contributed by atoms with Crippen LogP contribution in [0.1, 0.15) is 65.2 Å². The maximum absolute atomic E-state index is 10.8. The average molecular weight is 317 g/mol. The fourth-order valence-electron chi connectivity index (χ4n) is 2.33. The van der Waals surface area contributed by atoms with Crippen molar-refractivity contribution in [3.8, 4) is 0 Å². The van der Waals surface area contributed by atoms with Gasteiger partial charge in [-0.2, -0.15) is 0 Å². The van der Waals surface area contributed by atoms with Crippen molar-refractivity contribution < 1.29 is 39.5 Å². The molecule has 0 rings (SSSR count). The largest absolute Gasteiger partial charge is 1.00 e. The smallest absolute Gasteiger partial charge is 0.549 e. The summed E-state index contributed by atoms with van der Waals surface area (Å²) in [6.07, 6.45) is 17.6. The summed E-state index contributed by atoms with van der Waals surface area (Å²) in [5.74, 6) is -0.960. The first-order valence-corrected chi connectivity index (χ1v) is 8.35. The van der Waals surface area contributed by atoms with E-state index in [1.165, 1.54) is 12.8 Å². The number of hydrogen-bond donors (Lipinski definition) is 0. The van der Waals surface area contributed by atoms with Crippen LogP contribution < -0.4 is 34.7 Å². The number of aliphatic carboxylic acids is 1. The SMILES string of the molecule is C/C=C/CCCCCN(CCCCC/C=C/C)CC(=O)[O-].[Na+]. The molecule has 0 saturated heterocycles. The number of hydrogen-bond acceptors (Lipinski definition) is 3. The number of carbonyl (C=O) groups excluding carboxylic acids is 1. The van der Waals surface area contributed by atoms with Crippen molar-refractivity contribution >= 4 is 5.97 Å². The number of nitrogens with zero attached hydrogens (tertiary/aromatic N) is 1. The number of carboxylic acids is 1. The van der Waals surface area contributed by atoms with Crippen LogP contribution >= 0.6 is 0 Å². The van der Waals surface area contributed by atoms with Crippen molar-refractivity contribution in [2.45, 2.75) is 65.2 Å². The fraction of sp³-hybridized carbons (Fsp3) is 0.722. The second-order valence-corrected chi connectivity index (χ2v) is 5.48. The van der Waals surface area contributed by atoms with Gasteiger partial charge >= 0.3 is 29.6 Å². The quantitative estimate of drug-likeness (QED) is 0.263. The first-order valence-electron chi connectivity index (χ1n) is 8.35. The molecule has 0 unspecified atom stereocenters. The van der Waals surface area contributed by atoms with Crippen molar-refractivity contribution in [1.82, 2.24) is 4.90 Å². The van der Waals surface area contributed by atoms with Gasteiger partial charge in [0.05, 0.1) is 5.97 Å². The van der Waals surface area contributed by atoms with Crippen LogP contribution in [0.3, 0.4) is 0 Å². The third-order valence-electron chi connectivity index (χ3n) is 3.51. The summed E-state index contributed by atoms with van der Waals surface area (Å²) in [5, 5.41) is 10.8. The number of unbranched alkanes of at least 4 members (excludes halogenated alkanes) is 6.